The van der Waals surface area contributed by atoms with Gasteiger partial charge in [0, 0.05) is 5.56 Å². The highest BCUT2D eigenvalue weighted by Gasteiger charge is 2.44. The number of anilines is 1. The third kappa shape index (κ3) is 5.37. The standard InChI is InChI=1S/C19H18F5N3O3/c1-9(2)30-15-11(17(25)28)6-4-8-13(15)26-18(29)27-16(19(22,23)24)10-5-3-7-12(20)14(10)21/h3-9,16H,1-2H3,(H2,25,28)(H2,26,27,29). The number of carbonyl (C=O) groups is 2. The van der Waals surface area contributed by atoms with Gasteiger partial charge in [0.25, 0.3) is 5.91 Å². The number of carbonyl (C=O) groups excluding carboxylic acids is 2. The summed E-state index contributed by atoms with van der Waals surface area (Å²) in [6.07, 6.45) is -5.59. The van der Waals surface area contributed by atoms with Crippen molar-refractivity contribution in [2.24, 2.45) is 5.73 Å². The molecule has 162 valence electrons. The molecule has 11 heteroatoms. The highest BCUT2D eigenvalue weighted by atomic mass is 19.4. The number of urea groups is 1. The monoisotopic (exact) mass is 431 g/mol. The molecule has 0 radical (unpaired) electrons. The third-order valence-corrected chi connectivity index (χ3v) is 3.78. The fourth-order valence-electron chi connectivity index (χ4n) is 2.56. The molecule has 0 saturated carbocycles. The van der Waals surface area contributed by atoms with Gasteiger partial charge in [0.2, 0.25) is 0 Å². The first kappa shape index (κ1) is 22.9. The van der Waals surface area contributed by atoms with Gasteiger partial charge in [-0.1, -0.05) is 18.2 Å². The van der Waals surface area contributed by atoms with E-state index in [0.717, 1.165) is 6.07 Å². The van der Waals surface area contributed by atoms with Crippen LogP contribution in [-0.4, -0.2) is 24.2 Å². The molecule has 4 N–H and O–H groups in total. The van der Waals surface area contributed by atoms with Crippen LogP contribution in [0.4, 0.5) is 32.4 Å². The second-order valence-electron chi connectivity index (χ2n) is 6.43. The summed E-state index contributed by atoms with van der Waals surface area (Å²) in [5.41, 5.74) is 3.92. The molecule has 3 amide bonds. The normalized spacial score (nSPS) is 12.4. The number of nitrogens with two attached hydrogens (primary N) is 1. The van der Waals surface area contributed by atoms with Crippen molar-refractivity contribution in [3.63, 3.8) is 0 Å². The van der Waals surface area contributed by atoms with E-state index in [1.807, 2.05) is 0 Å². The highest BCUT2D eigenvalue weighted by molar-refractivity contribution is 6.00. The van der Waals surface area contributed by atoms with Crippen LogP contribution in [0.2, 0.25) is 0 Å². The van der Waals surface area contributed by atoms with Gasteiger partial charge in [0.15, 0.2) is 23.4 Å². The number of nitrogens with one attached hydrogen (secondary N) is 2. The van der Waals surface area contributed by atoms with Crippen LogP contribution in [0.25, 0.3) is 0 Å². The van der Waals surface area contributed by atoms with Crippen molar-refractivity contribution < 1.29 is 36.3 Å². The minimum Gasteiger partial charge on any atom is -0.488 e. The summed E-state index contributed by atoms with van der Waals surface area (Å²) in [6.45, 7) is 3.24. The number of hydrogen-bond donors (Lipinski definition) is 3. The second-order valence-corrected chi connectivity index (χ2v) is 6.43. The molecule has 0 aliphatic heterocycles. The van der Waals surface area contributed by atoms with Crippen LogP contribution in [0.3, 0.4) is 0 Å². The zero-order valence-electron chi connectivity index (χ0n) is 15.8. The van der Waals surface area contributed by atoms with Crippen LogP contribution < -0.4 is 21.1 Å². The Bertz CT molecular complexity index is 947. The van der Waals surface area contributed by atoms with Crippen molar-refractivity contribution in [2.75, 3.05) is 5.32 Å². The van der Waals surface area contributed by atoms with E-state index in [2.05, 4.69) is 5.32 Å². The van der Waals surface area contributed by atoms with Gasteiger partial charge < -0.3 is 21.1 Å². The Morgan fingerprint density at radius 3 is 2.27 bits per heavy atom. The number of rotatable bonds is 6. The van der Waals surface area contributed by atoms with Gasteiger partial charge in [-0.3, -0.25) is 4.79 Å². The van der Waals surface area contributed by atoms with E-state index in [1.54, 1.807) is 19.2 Å². The van der Waals surface area contributed by atoms with Crippen molar-refractivity contribution in [1.29, 1.82) is 0 Å². The van der Waals surface area contributed by atoms with E-state index in [1.165, 1.54) is 18.2 Å². The molecule has 6 nitrogen and oxygen atoms in total. The second kappa shape index (κ2) is 8.97. The van der Waals surface area contributed by atoms with Gasteiger partial charge in [0.1, 0.15) is 0 Å². The summed E-state index contributed by atoms with van der Waals surface area (Å²) < 4.78 is 73.0. The molecule has 1 unspecified atom stereocenters. The van der Waals surface area contributed by atoms with Crippen LogP contribution in [0, 0.1) is 11.6 Å². The van der Waals surface area contributed by atoms with Crippen LogP contribution in [0.1, 0.15) is 35.8 Å². The lowest BCUT2D eigenvalue weighted by atomic mass is 10.1. The third-order valence-electron chi connectivity index (χ3n) is 3.78. The quantitative estimate of drug-likeness (QED) is 0.596. The predicted molar refractivity (Wildman–Crippen MR) is 98.0 cm³/mol. The van der Waals surface area contributed by atoms with E-state index < -0.39 is 47.5 Å². The maximum absolute atomic E-state index is 13.9. The lowest BCUT2D eigenvalue weighted by Gasteiger charge is -2.23. The Morgan fingerprint density at radius 1 is 1.07 bits per heavy atom. The molecule has 0 saturated heterocycles. The highest BCUT2D eigenvalue weighted by Crippen LogP contribution is 2.35. The maximum atomic E-state index is 13.9. The Kier molecular flexibility index (Phi) is 6.85. The van der Waals surface area contributed by atoms with E-state index in [4.69, 9.17) is 10.5 Å². The number of ether oxygens (including phenoxy) is 1. The van der Waals surface area contributed by atoms with E-state index >= 15 is 0 Å². The number of para-hydroxylation sites is 1. The topological polar surface area (TPSA) is 93.4 Å². The zero-order valence-corrected chi connectivity index (χ0v) is 15.8. The van der Waals surface area contributed by atoms with Crippen LogP contribution in [0.5, 0.6) is 5.75 Å². The van der Waals surface area contributed by atoms with E-state index in [0.29, 0.717) is 12.1 Å². The van der Waals surface area contributed by atoms with Crippen LogP contribution in [0.15, 0.2) is 36.4 Å². The van der Waals surface area contributed by atoms with E-state index in [-0.39, 0.29) is 17.0 Å². The number of halogens is 5. The molecular formula is C19H18F5N3O3. The molecule has 1 atom stereocenters. The number of benzene rings is 2. The van der Waals surface area contributed by atoms with Gasteiger partial charge in [-0.15, -0.1) is 0 Å². The SMILES string of the molecule is CC(C)Oc1c(NC(=O)NC(c2cccc(F)c2F)C(F)(F)F)cccc1C(N)=O. The Labute approximate surface area is 168 Å². The van der Waals surface area contributed by atoms with Gasteiger partial charge in [-0.25, -0.2) is 13.6 Å². The molecular weight excluding hydrogens is 413 g/mol. The van der Waals surface area contributed by atoms with E-state index in [9.17, 15) is 31.5 Å². The van der Waals surface area contributed by atoms with Crippen molar-refractivity contribution in [3.8, 4) is 5.75 Å². The fourth-order valence-corrected chi connectivity index (χ4v) is 2.56. The minimum absolute atomic E-state index is 0.106. The minimum atomic E-state index is -5.13. The molecule has 2 aromatic rings. The molecule has 0 aliphatic carbocycles. The number of hydrogen-bond acceptors (Lipinski definition) is 3. The molecule has 0 heterocycles. The van der Waals surface area contributed by atoms with Crippen molar-refractivity contribution >= 4 is 17.6 Å². The van der Waals surface area contributed by atoms with Gasteiger partial charge in [-0.05, 0) is 32.0 Å². The molecule has 0 fully saturated rings. The molecule has 0 aliphatic rings. The average Bonchev–Trinajstić information content (AvgIpc) is 2.62. The summed E-state index contributed by atoms with van der Waals surface area (Å²) in [4.78, 5) is 23.8. The van der Waals surface area contributed by atoms with Crippen LogP contribution >= 0.6 is 0 Å². The van der Waals surface area contributed by atoms with Gasteiger partial charge in [0.05, 0.1) is 17.4 Å². The number of amides is 3. The van der Waals surface area contributed by atoms with Crippen molar-refractivity contribution in [2.45, 2.75) is 32.2 Å². The zero-order chi connectivity index (χ0) is 22.6. The fraction of sp³-hybridized carbons (Fsp3) is 0.263. The first-order valence-corrected chi connectivity index (χ1v) is 8.59. The Morgan fingerprint density at radius 2 is 1.70 bits per heavy atom. The molecule has 0 aromatic heterocycles. The lowest BCUT2D eigenvalue weighted by Crippen LogP contribution is -2.41. The Hall–Kier alpha value is -3.37. The number of alkyl halides is 3. The predicted octanol–water partition coefficient (Wildman–Crippen LogP) is 4.28. The first-order valence-electron chi connectivity index (χ1n) is 8.59. The smallest absolute Gasteiger partial charge is 0.413 e. The summed E-state index contributed by atoms with van der Waals surface area (Å²) in [6, 6.07) is 1.93. The lowest BCUT2D eigenvalue weighted by molar-refractivity contribution is -0.155. The molecule has 2 aromatic carbocycles. The molecule has 0 bridgehead atoms. The van der Waals surface area contributed by atoms with Crippen molar-refractivity contribution in [1.82, 2.24) is 5.32 Å². The molecule has 2 rings (SSSR count). The van der Waals surface area contributed by atoms with Crippen LogP contribution in [-0.2, 0) is 0 Å². The summed E-state index contributed by atoms with van der Waals surface area (Å²) in [7, 11) is 0. The summed E-state index contributed by atoms with van der Waals surface area (Å²) in [5, 5.41) is 3.68. The Balaban J connectivity index is 2.36. The summed E-state index contributed by atoms with van der Waals surface area (Å²) >= 11 is 0. The summed E-state index contributed by atoms with van der Waals surface area (Å²) in [5.74, 6) is -4.26. The van der Waals surface area contributed by atoms with Gasteiger partial charge >= 0.3 is 12.2 Å². The molecule has 30 heavy (non-hydrogen) atoms. The van der Waals surface area contributed by atoms with Crippen molar-refractivity contribution in [3.05, 3.63) is 59.2 Å². The first-order chi connectivity index (χ1) is 13.9. The maximum Gasteiger partial charge on any atom is 0.413 e. The number of primary amides is 1. The van der Waals surface area contributed by atoms with Gasteiger partial charge in [-0.2, -0.15) is 13.2 Å². The molecule has 0 spiro atoms. The average molecular weight is 431 g/mol. The largest absolute Gasteiger partial charge is 0.488 e.